The molecule has 1 aliphatic heterocycles. The zero-order valence-electron chi connectivity index (χ0n) is 16.9. The number of halogens is 1. The third kappa shape index (κ3) is 4.64. The van der Waals surface area contributed by atoms with Gasteiger partial charge in [0, 0.05) is 50.2 Å². The highest BCUT2D eigenvalue weighted by molar-refractivity contribution is 6.30. The number of piperazine rings is 1. The fraction of sp³-hybridized carbons (Fsp3) is 0.348. The zero-order valence-corrected chi connectivity index (χ0v) is 17.7. The van der Waals surface area contributed by atoms with E-state index in [2.05, 4.69) is 39.0 Å². The first-order valence-corrected chi connectivity index (χ1v) is 10.2. The summed E-state index contributed by atoms with van der Waals surface area (Å²) in [5, 5.41) is 1.75. The molecule has 1 aliphatic rings. The molecule has 1 fully saturated rings. The third-order valence-corrected chi connectivity index (χ3v) is 5.79. The van der Waals surface area contributed by atoms with Crippen LogP contribution in [0, 0.1) is 0 Å². The van der Waals surface area contributed by atoms with Crippen LogP contribution in [-0.2, 0) is 13.1 Å². The lowest BCUT2D eigenvalue weighted by Gasteiger charge is -2.35. The Morgan fingerprint density at radius 3 is 2.28 bits per heavy atom. The van der Waals surface area contributed by atoms with Crippen LogP contribution in [0.25, 0.3) is 10.9 Å². The molecule has 29 heavy (non-hydrogen) atoms. The summed E-state index contributed by atoms with van der Waals surface area (Å²) in [5.41, 5.74) is 3.28. The van der Waals surface area contributed by atoms with Gasteiger partial charge in [-0.3, -0.25) is 9.80 Å². The average molecular weight is 412 g/mol. The maximum absolute atomic E-state index is 6.44. The second-order valence-electron chi connectivity index (χ2n) is 7.37. The number of nitrogens with zero attached hydrogens (tertiary/aromatic N) is 3. The van der Waals surface area contributed by atoms with E-state index in [1.165, 1.54) is 5.56 Å². The predicted molar refractivity (Wildman–Crippen MR) is 117 cm³/mol. The van der Waals surface area contributed by atoms with Gasteiger partial charge in [-0.1, -0.05) is 35.9 Å². The van der Waals surface area contributed by atoms with Crippen LogP contribution in [0.2, 0.25) is 5.15 Å². The summed E-state index contributed by atoms with van der Waals surface area (Å²) in [6.45, 7) is 5.81. The first kappa shape index (κ1) is 20.0. The van der Waals surface area contributed by atoms with Crippen molar-refractivity contribution >= 4 is 22.5 Å². The van der Waals surface area contributed by atoms with Gasteiger partial charge in [0.25, 0.3) is 0 Å². The van der Waals surface area contributed by atoms with Crippen LogP contribution in [0.5, 0.6) is 11.5 Å². The van der Waals surface area contributed by atoms with E-state index in [-0.39, 0.29) is 0 Å². The van der Waals surface area contributed by atoms with Crippen molar-refractivity contribution in [1.82, 2.24) is 14.8 Å². The van der Waals surface area contributed by atoms with Gasteiger partial charge in [0.1, 0.15) is 5.15 Å². The van der Waals surface area contributed by atoms with Crippen molar-refractivity contribution in [1.29, 1.82) is 0 Å². The van der Waals surface area contributed by atoms with E-state index >= 15 is 0 Å². The molecule has 0 bridgehead atoms. The molecule has 152 valence electrons. The summed E-state index contributed by atoms with van der Waals surface area (Å²) < 4.78 is 10.7. The minimum atomic E-state index is 0.608. The largest absolute Gasteiger partial charge is 0.493 e. The number of hydrogen-bond donors (Lipinski definition) is 0. The van der Waals surface area contributed by atoms with Crippen LogP contribution in [-0.4, -0.2) is 55.2 Å². The number of fused-ring (bicyclic) bond motifs is 1. The van der Waals surface area contributed by atoms with Crippen LogP contribution in [0.4, 0.5) is 0 Å². The molecule has 0 atom stereocenters. The van der Waals surface area contributed by atoms with E-state index < -0.39 is 0 Å². The molecule has 1 saturated heterocycles. The van der Waals surface area contributed by atoms with Crippen LogP contribution in [0.3, 0.4) is 0 Å². The van der Waals surface area contributed by atoms with Gasteiger partial charge in [-0.05, 0) is 29.8 Å². The molecular formula is C23H26ClN3O2. The van der Waals surface area contributed by atoms with Crippen LogP contribution < -0.4 is 9.47 Å². The number of ether oxygens (including phenoxy) is 2. The number of methoxy groups -OCH3 is 2. The molecule has 0 N–H and O–H groups in total. The Balaban J connectivity index is 1.36. The van der Waals surface area contributed by atoms with Crippen molar-refractivity contribution in [3.05, 3.63) is 64.8 Å². The SMILES string of the molecule is COc1ccc(CN2CCN(Cc3cc4ccccc4nc3Cl)CC2)cc1OC. The van der Waals surface area contributed by atoms with E-state index in [0.717, 1.165) is 67.2 Å². The summed E-state index contributed by atoms with van der Waals surface area (Å²) >= 11 is 6.44. The van der Waals surface area contributed by atoms with E-state index in [1.807, 2.05) is 24.3 Å². The van der Waals surface area contributed by atoms with Crippen LogP contribution in [0.15, 0.2) is 48.5 Å². The van der Waals surface area contributed by atoms with Gasteiger partial charge in [-0.2, -0.15) is 0 Å². The van der Waals surface area contributed by atoms with Gasteiger partial charge in [0.05, 0.1) is 19.7 Å². The smallest absolute Gasteiger partial charge is 0.161 e. The molecule has 2 aromatic carbocycles. The molecule has 0 saturated carbocycles. The third-order valence-electron chi connectivity index (χ3n) is 5.46. The van der Waals surface area contributed by atoms with Gasteiger partial charge in [-0.25, -0.2) is 4.98 Å². The van der Waals surface area contributed by atoms with E-state index in [1.54, 1.807) is 14.2 Å². The fourth-order valence-corrected chi connectivity index (χ4v) is 4.04. The van der Waals surface area contributed by atoms with Gasteiger partial charge in [0.15, 0.2) is 11.5 Å². The molecule has 0 radical (unpaired) electrons. The molecule has 2 heterocycles. The topological polar surface area (TPSA) is 37.8 Å². The molecule has 0 aliphatic carbocycles. The van der Waals surface area contributed by atoms with Crippen molar-refractivity contribution in [2.75, 3.05) is 40.4 Å². The summed E-state index contributed by atoms with van der Waals surface area (Å²) in [6, 6.07) is 16.4. The van der Waals surface area contributed by atoms with Crippen molar-refractivity contribution in [2.24, 2.45) is 0 Å². The van der Waals surface area contributed by atoms with E-state index in [4.69, 9.17) is 21.1 Å². The molecule has 6 heteroatoms. The Labute approximate surface area is 176 Å². The van der Waals surface area contributed by atoms with Crippen molar-refractivity contribution in [2.45, 2.75) is 13.1 Å². The second kappa shape index (κ2) is 8.99. The normalized spacial score (nSPS) is 15.6. The fourth-order valence-electron chi connectivity index (χ4n) is 3.83. The highest BCUT2D eigenvalue weighted by Crippen LogP contribution is 2.28. The average Bonchev–Trinajstić information content (AvgIpc) is 2.75. The number of benzene rings is 2. The number of pyridine rings is 1. The quantitative estimate of drug-likeness (QED) is 0.567. The molecule has 4 rings (SSSR count). The van der Waals surface area contributed by atoms with Crippen molar-refractivity contribution in [3.8, 4) is 11.5 Å². The van der Waals surface area contributed by atoms with Crippen LogP contribution in [0.1, 0.15) is 11.1 Å². The molecule has 0 unspecified atom stereocenters. The maximum Gasteiger partial charge on any atom is 0.161 e. The van der Waals surface area contributed by atoms with Gasteiger partial charge in [0.2, 0.25) is 0 Å². The Hall–Kier alpha value is -2.34. The lowest BCUT2D eigenvalue weighted by atomic mass is 10.1. The van der Waals surface area contributed by atoms with Crippen molar-refractivity contribution in [3.63, 3.8) is 0 Å². The molecule has 5 nitrogen and oxygen atoms in total. The first-order chi connectivity index (χ1) is 14.2. The summed E-state index contributed by atoms with van der Waals surface area (Å²) in [6.07, 6.45) is 0. The Kier molecular flexibility index (Phi) is 6.19. The van der Waals surface area contributed by atoms with Gasteiger partial charge in [-0.15, -0.1) is 0 Å². The lowest BCUT2D eigenvalue weighted by molar-refractivity contribution is 0.122. The monoisotopic (exact) mass is 411 g/mol. The standard InChI is InChI=1S/C23H26ClN3O2/c1-28-21-8-7-17(13-22(21)29-2)15-26-9-11-27(12-10-26)16-19-14-18-5-3-4-6-20(18)25-23(19)24/h3-8,13-14H,9-12,15-16H2,1-2H3. The number of aromatic nitrogens is 1. The van der Waals surface area contributed by atoms with E-state index in [0.29, 0.717) is 5.15 Å². The number of para-hydroxylation sites is 1. The Morgan fingerprint density at radius 1 is 0.862 bits per heavy atom. The molecule has 3 aromatic rings. The maximum atomic E-state index is 6.44. The second-order valence-corrected chi connectivity index (χ2v) is 7.73. The van der Waals surface area contributed by atoms with Gasteiger partial charge < -0.3 is 9.47 Å². The van der Waals surface area contributed by atoms with Crippen LogP contribution >= 0.6 is 11.6 Å². The number of hydrogen-bond acceptors (Lipinski definition) is 5. The molecule has 1 aromatic heterocycles. The molecule has 0 spiro atoms. The summed E-state index contributed by atoms with van der Waals surface area (Å²) in [7, 11) is 3.33. The van der Waals surface area contributed by atoms with Gasteiger partial charge >= 0.3 is 0 Å². The highest BCUT2D eigenvalue weighted by atomic mass is 35.5. The van der Waals surface area contributed by atoms with Crippen molar-refractivity contribution < 1.29 is 9.47 Å². The molecular weight excluding hydrogens is 386 g/mol. The first-order valence-electron chi connectivity index (χ1n) is 9.86. The lowest BCUT2D eigenvalue weighted by Crippen LogP contribution is -2.45. The Morgan fingerprint density at radius 2 is 1.55 bits per heavy atom. The minimum absolute atomic E-state index is 0.608. The van der Waals surface area contributed by atoms with E-state index in [9.17, 15) is 0 Å². The molecule has 0 amide bonds. The number of rotatable bonds is 6. The predicted octanol–water partition coefficient (Wildman–Crippen LogP) is 4.22. The summed E-state index contributed by atoms with van der Waals surface area (Å²) in [5.74, 6) is 1.55. The minimum Gasteiger partial charge on any atom is -0.493 e. The Bertz CT molecular complexity index is 987. The highest BCUT2D eigenvalue weighted by Gasteiger charge is 2.19. The summed E-state index contributed by atoms with van der Waals surface area (Å²) in [4.78, 5) is 9.47. The zero-order chi connectivity index (χ0) is 20.2.